The van der Waals surface area contributed by atoms with Crippen LogP contribution in [0.2, 0.25) is 0 Å². The molecule has 0 aliphatic rings. The average Bonchev–Trinajstić information content (AvgIpc) is 2.73. The number of rotatable bonds is 7. The molecule has 3 rings (SSSR count). The maximum atomic E-state index is 12.5. The number of methoxy groups -OCH3 is 1. The van der Waals surface area contributed by atoms with Crippen LogP contribution in [0.5, 0.6) is 11.5 Å². The molecule has 0 atom stereocenters. The van der Waals surface area contributed by atoms with Crippen molar-refractivity contribution in [2.24, 2.45) is 4.99 Å². The van der Waals surface area contributed by atoms with Crippen LogP contribution >= 0.6 is 0 Å². The third-order valence-electron chi connectivity index (χ3n) is 4.12. The number of nitro benzene ring substituents is 1. The number of benzene rings is 3. The Balaban J connectivity index is 1.80. The summed E-state index contributed by atoms with van der Waals surface area (Å²) < 4.78 is 35.5. The number of hydrogen-bond donors (Lipinski definition) is 0. The molecule has 0 amide bonds. The summed E-state index contributed by atoms with van der Waals surface area (Å²) >= 11 is 0. The van der Waals surface area contributed by atoms with Gasteiger partial charge in [-0.2, -0.15) is 8.42 Å². The second-order valence-corrected chi connectivity index (χ2v) is 7.84. The number of aryl methyl sites for hydroxylation is 1. The lowest BCUT2D eigenvalue weighted by atomic mass is 10.2. The van der Waals surface area contributed by atoms with Crippen molar-refractivity contribution in [3.63, 3.8) is 0 Å². The van der Waals surface area contributed by atoms with E-state index in [1.54, 1.807) is 24.3 Å². The number of aliphatic imine (C=N–C) groups is 1. The third-order valence-corrected chi connectivity index (χ3v) is 5.37. The Morgan fingerprint density at radius 2 is 1.63 bits per heavy atom. The standard InChI is InChI=1S/C21H18N2O6S/c1-15-3-10-19(11-4-15)30(26,27)29-20-12-5-16(13-21(20)28-2)14-22-17-6-8-18(9-7-17)23(24)25/h3-14H,1-2H3. The Hall–Kier alpha value is -3.72. The van der Waals surface area contributed by atoms with E-state index < -0.39 is 15.0 Å². The fourth-order valence-corrected chi connectivity index (χ4v) is 3.45. The summed E-state index contributed by atoms with van der Waals surface area (Å²) in [5.74, 6) is 0.267. The number of nitrogens with zero attached hydrogens (tertiary/aromatic N) is 2. The zero-order chi connectivity index (χ0) is 21.7. The molecule has 8 nitrogen and oxygen atoms in total. The molecule has 0 saturated heterocycles. The molecule has 0 aliphatic heterocycles. The molecule has 0 saturated carbocycles. The quantitative estimate of drug-likeness (QED) is 0.239. The van der Waals surface area contributed by atoms with Crippen molar-refractivity contribution >= 4 is 27.7 Å². The molecule has 30 heavy (non-hydrogen) atoms. The summed E-state index contributed by atoms with van der Waals surface area (Å²) in [5, 5.41) is 10.7. The van der Waals surface area contributed by atoms with Crippen LogP contribution in [-0.2, 0) is 10.1 Å². The minimum absolute atomic E-state index is 0.0214. The molecule has 154 valence electrons. The Bertz CT molecular complexity index is 1190. The van der Waals surface area contributed by atoms with Gasteiger partial charge in [0.05, 0.1) is 17.7 Å². The van der Waals surface area contributed by atoms with Crippen LogP contribution in [0.15, 0.2) is 76.6 Å². The summed E-state index contributed by atoms with van der Waals surface area (Å²) in [6, 6.07) is 16.8. The Morgan fingerprint density at radius 3 is 2.23 bits per heavy atom. The van der Waals surface area contributed by atoms with Crippen molar-refractivity contribution < 1.29 is 22.3 Å². The zero-order valence-electron chi connectivity index (χ0n) is 16.2. The van der Waals surface area contributed by atoms with E-state index in [1.807, 2.05) is 6.92 Å². The lowest BCUT2D eigenvalue weighted by Gasteiger charge is -2.11. The first-order valence-corrected chi connectivity index (χ1v) is 10.2. The highest BCUT2D eigenvalue weighted by molar-refractivity contribution is 7.87. The highest BCUT2D eigenvalue weighted by atomic mass is 32.2. The van der Waals surface area contributed by atoms with Gasteiger partial charge < -0.3 is 8.92 Å². The summed E-state index contributed by atoms with van der Waals surface area (Å²) in [4.78, 5) is 14.5. The van der Waals surface area contributed by atoms with Gasteiger partial charge >= 0.3 is 10.1 Å². The summed E-state index contributed by atoms with van der Waals surface area (Å²) in [7, 11) is -2.61. The van der Waals surface area contributed by atoms with Crippen LogP contribution in [0.4, 0.5) is 11.4 Å². The first kappa shape index (κ1) is 21.0. The van der Waals surface area contributed by atoms with Crippen molar-refractivity contribution in [2.45, 2.75) is 11.8 Å². The minimum Gasteiger partial charge on any atom is -0.493 e. The van der Waals surface area contributed by atoms with Crippen LogP contribution in [0.3, 0.4) is 0 Å². The molecule has 0 spiro atoms. The first-order valence-electron chi connectivity index (χ1n) is 8.76. The SMILES string of the molecule is COc1cc(C=Nc2ccc([N+](=O)[O-])cc2)ccc1OS(=O)(=O)c1ccc(C)cc1. The largest absolute Gasteiger partial charge is 0.493 e. The molecule has 0 aromatic heterocycles. The molecular formula is C21H18N2O6S. The van der Waals surface area contributed by atoms with Crippen LogP contribution in [0.1, 0.15) is 11.1 Å². The number of non-ortho nitro benzene ring substituents is 1. The van der Waals surface area contributed by atoms with Gasteiger partial charge in [-0.25, -0.2) is 0 Å². The van der Waals surface area contributed by atoms with Crippen molar-refractivity contribution in [2.75, 3.05) is 7.11 Å². The van der Waals surface area contributed by atoms with Crippen molar-refractivity contribution in [3.8, 4) is 11.5 Å². The third kappa shape index (κ3) is 5.00. The highest BCUT2D eigenvalue weighted by Crippen LogP contribution is 2.30. The minimum atomic E-state index is -4.01. The predicted molar refractivity (Wildman–Crippen MR) is 112 cm³/mol. The van der Waals surface area contributed by atoms with E-state index in [0.717, 1.165) is 5.56 Å². The lowest BCUT2D eigenvalue weighted by molar-refractivity contribution is -0.384. The van der Waals surface area contributed by atoms with E-state index in [9.17, 15) is 18.5 Å². The number of ether oxygens (including phenoxy) is 1. The second kappa shape index (κ2) is 8.75. The molecule has 3 aromatic carbocycles. The molecule has 0 heterocycles. The van der Waals surface area contributed by atoms with Gasteiger partial charge in [-0.05, 0) is 55.0 Å². The van der Waals surface area contributed by atoms with E-state index in [4.69, 9.17) is 8.92 Å². The maximum Gasteiger partial charge on any atom is 0.339 e. The van der Waals surface area contributed by atoms with E-state index in [1.165, 1.54) is 55.8 Å². The normalized spacial score (nSPS) is 11.4. The fraction of sp³-hybridized carbons (Fsp3) is 0.0952. The molecular weight excluding hydrogens is 408 g/mol. The lowest BCUT2D eigenvalue weighted by Crippen LogP contribution is -2.10. The van der Waals surface area contributed by atoms with Gasteiger partial charge in [0.2, 0.25) is 0 Å². The molecule has 0 N–H and O–H groups in total. The van der Waals surface area contributed by atoms with Gasteiger partial charge in [0.15, 0.2) is 11.5 Å². The Labute approximate surface area is 173 Å². The number of nitro groups is 1. The van der Waals surface area contributed by atoms with Gasteiger partial charge in [-0.15, -0.1) is 0 Å². The van der Waals surface area contributed by atoms with Gasteiger partial charge in [-0.3, -0.25) is 15.1 Å². The fourth-order valence-electron chi connectivity index (χ4n) is 2.51. The van der Waals surface area contributed by atoms with Crippen LogP contribution in [0.25, 0.3) is 0 Å². The molecule has 9 heteroatoms. The summed E-state index contributed by atoms with van der Waals surface area (Å²) in [6.07, 6.45) is 1.53. The second-order valence-electron chi connectivity index (χ2n) is 6.29. The molecule has 0 unspecified atom stereocenters. The van der Waals surface area contributed by atoms with Crippen LogP contribution in [-0.4, -0.2) is 26.7 Å². The van der Waals surface area contributed by atoms with E-state index in [2.05, 4.69) is 4.99 Å². The predicted octanol–water partition coefficient (Wildman–Crippen LogP) is 4.43. The van der Waals surface area contributed by atoms with E-state index in [0.29, 0.717) is 11.3 Å². The molecule has 3 aromatic rings. The van der Waals surface area contributed by atoms with Crippen molar-refractivity contribution in [3.05, 3.63) is 88.0 Å². The summed E-state index contributed by atoms with van der Waals surface area (Å²) in [6.45, 7) is 1.86. The first-order chi connectivity index (χ1) is 14.3. The highest BCUT2D eigenvalue weighted by Gasteiger charge is 2.19. The van der Waals surface area contributed by atoms with E-state index in [-0.39, 0.29) is 22.1 Å². The maximum absolute atomic E-state index is 12.5. The molecule has 0 aliphatic carbocycles. The smallest absolute Gasteiger partial charge is 0.339 e. The van der Waals surface area contributed by atoms with E-state index >= 15 is 0 Å². The monoisotopic (exact) mass is 426 g/mol. The molecule has 0 bridgehead atoms. The van der Waals surface area contributed by atoms with Gasteiger partial charge in [0.1, 0.15) is 4.90 Å². The average molecular weight is 426 g/mol. The van der Waals surface area contributed by atoms with Crippen molar-refractivity contribution in [1.29, 1.82) is 0 Å². The zero-order valence-corrected chi connectivity index (χ0v) is 17.0. The van der Waals surface area contributed by atoms with Gasteiger partial charge in [-0.1, -0.05) is 17.7 Å². The van der Waals surface area contributed by atoms with Crippen LogP contribution in [0, 0.1) is 17.0 Å². The topological polar surface area (TPSA) is 108 Å². The summed E-state index contributed by atoms with van der Waals surface area (Å²) in [5.41, 5.74) is 2.07. The number of hydrogen-bond acceptors (Lipinski definition) is 7. The van der Waals surface area contributed by atoms with Crippen molar-refractivity contribution in [1.82, 2.24) is 0 Å². The van der Waals surface area contributed by atoms with Crippen LogP contribution < -0.4 is 8.92 Å². The van der Waals surface area contributed by atoms with Gasteiger partial charge in [0.25, 0.3) is 5.69 Å². The Morgan fingerprint density at radius 1 is 0.967 bits per heavy atom. The Kier molecular flexibility index (Phi) is 6.12. The molecule has 0 fully saturated rings. The molecule has 0 radical (unpaired) electrons. The van der Waals surface area contributed by atoms with Gasteiger partial charge in [0, 0.05) is 18.3 Å².